The molecule has 0 saturated heterocycles. The third-order valence-corrected chi connectivity index (χ3v) is 4.73. The standard InChI is InChI=1S/C17H22N6O4/c1-2-27-14(24)11-8-12(10-13(9-11)23(25)26)22-16(19)20-15(18)21-17(22)6-4-3-5-7-17/h8-10H,2-7H2,1H3,(H4,18,19,20,21). The van der Waals surface area contributed by atoms with E-state index in [9.17, 15) is 14.9 Å². The number of nitro benzene ring substituents is 1. The zero-order chi connectivity index (χ0) is 19.6. The molecule has 3 rings (SSSR count). The van der Waals surface area contributed by atoms with Crippen LogP contribution in [-0.2, 0) is 4.74 Å². The van der Waals surface area contributed by atoms with Gasteiger partial charge in [-0.3, -0.25) is 15.0 Å². The quantitative estimate of drug-likeness (QED) is 0.464. The van der Waals surface area contributed by atoms with Crippen LogP contribution in [-0.4, -0.2) is 35.1 Å². The van der Waals surface area contributed by atoms with Crippen LogP contribution in [0.1, 0.15) is 49.4 Å². The Morgan fingerprint density at radius 1 is 1.30 bits per heavy atom. The smallest absolute Gasteiger partial charge is 0.338 e. The average Bonchev–Trinajstić information content (AvgIpc) is 2.61. The maximum Gasteiger partial charge on any atom is 0.338 e. The first-order chi connectivity index (χ1) is 12.9. The van der Waals surface area contributed by atoms with Gasteiger partial charge >= 0.3 is 5.97 Å². The van der Waals surface area contributed by atoms with Crippen molar-refractivity contribution in [1.82, 2.24) is 0 Å². The van der Waals surface area contributed by atoms with Gasteiger partial charge in [0.1, 0.15) is 5.66 Å². The van der Waals surface area contributed by atoms with Crippen molar-refractivity contribution in [3.63, 3.8) is 0 Å². The summed E-state index contributed by atoms with van der Waals surface area (Å²) in [4.78, 5) is 33.2. The van der Waals surface area contributed by atoms with E-state index < -0.39 is 16.6 Å². The molecule has 0 bridgehead atoms. The first-order valence-electron chi connectivity index (χ1n) is 8.82. The molecule has 1 saturated carbocycles. The Hall–Kier alpha value is -3.17. The minimum absolute atomic E-state index is 0.0716. The van der Waals surface area contributed by atoms with Crippen LogP contribution >= 0.6 is 0 Å². The molecule has 0 aromatic heterocycles. The number of benzene rings is 1. The number of non-ortho nitro benzene ring substituents is 1. The molecule has 0 atom stereocenters. The molecule has 2 aliphatic rings. The van der Waals surface area contributed by atoms with E-state index in [1.54, 1.807) is 11.8 Å². The summed E-state index contributed by atoms with van der Waals surface area (Å²) in [6, 6.07) is 4.06. The molecule has 0 radical (unpaired) electrons. The number of ether oxygens (including phenoxy) is 1. The largest absolute Gasteiger partial charge is 0.462 e. The van der Waals surface area contributed by atoms with E-state index in [-0.39, 0.29) is 29.8 Å². The second kappa shape index (κ2) is 7.22. The lowest BCUT2D eigenvalue weighted by Crippen LogP contribution is -2.58. The Bertz CT molecular complexity index is 829. The Morgan fingerprint density at radius 3 is 2.63 bits per heavy atom. The summed E-state index contributed by atoms with van der Waals surface area (Å²) in [5.74, 6) is -0.461. The number of hydrogen-bond donors (Lipinski definition) is 2. The predicted octanol–water partition coefficient (Wildman–Crippen LogP) is 1.88. The molecule has 10 heteroatoms. The van der Waals surface area contributed by atoms with Crippen molar-refractivity contribution in [2.75, 3.05) is 11.5 Å². The minimum Gasteiger partial charge on any atom is -0.462 e. The molecule has 0 unspecified atom stereocenters. The molecule has 144 valence electrons. The van der Waals surface area contributed by atoms with E-state index in [4.69, 9.17) is 16.2 Å². The Labute approximate surface area is 156 Å². The van der Waals surface area contributed by atoms with Gasteiger partial charge in [-0.05, 0) is 38.7 Å². The summed E-state index contributed by atoms with van der Waals surface area (Å²) in [6.45, 7) is 1.83. The number of guanidine groups is 2. The molecule has 10 nitrogen and oxygen atoms in total. The summed E-state index contributed by atoms with van der Waals surface area (Å²) in [5.41, 5.74) is 11.4. The number of esters is 1. The number of carbonyl (C=O) groups excluding carboxylic acids is 1. The monoisotopic (exact) mass is 374 g/mol. The Morgan fingerprint density at radius 2 is 2.00 bits per heavy atom. The van der Waals surface area contributed by atoms with Crippen molar-refractivity contribution >= 4 is 29.3 Å². The van der Waals surface area contributed by atoms with E-state index in [0.29, 0.717) is 18.5 Å². The third-order valence-electron chi connectivity index (χ3n) is 4.73. The number of rotatable bonds is 4. The van der Waals surface area contributed by atoms with Gasteiger partial charge in [-0.2, -0.15) is 4.99 Å². The predicted molar refractivity (Wildman–Crippen MR) is 101 cm³/mol. The lowest BCUT2D eigenvalue weighted by Gasteiger charge is -2.45. The van der Waals surface area contributed by atoms with E-state index in [2.05, 4.69) is 9.98 Å². The highest BCUT2D eigenvalue weighted by Gasteiger charge is 2.43. The van der Waals surface area contributed by atoms with Crippen molar-refractivity contribution in [2.24, 2.45) is 21.5 Å². The minimum atomic E-state index is -0.755. The number of nitro groups is 1. The highest BCUT2D eigenvalue weighted by molar-refractivity contribution is 6.06. The SMILES string of the molecule is CCOC(=O)c1cc(N2C(N)=NC(N)=NC23CCCCC3)cc([N+](=O)[O-])c1. The van der Waals surface area contributed by atoms with Crippen molar-refractivity contribution in [3.05, 3.63) is 33.9 Å². The molecule has 27 heavy (non-hydrogen) atoms. The fourth-order valence-electron chi connectivity index (χ4n) is 3.66. The summed E-state index contributed by atoms with van der Waals surface area (Å²) >= 11 is 0. The Kier molecular flexibility index (Phi) is 4.98. The second-order valence-corrected chi connectivity index (χ2v) is 6.53. The van der Waals surface area contributed by atoms with Crippen LogP contribution in [0.5, 0.6) is 0 Å². The highest BCUT2D eigenvalue weighted by Crippen LogP contribution is 2.40. The molecule has 1 aromatic rings. The van der Waals surface area contributed by atoms with E-state index >= 15 is 0 Å². The van der Waals surface area contributed by atoms with Gasteiger partial charge in [0, 0.05) is 12.1 Å². The van der Waals surface area contributed by atoms with Crippen LogP contribution in [0.15, 0.2) is 28.2 Å². The average molecular weight is 374 g/mol. The zero-order valence-electron chi connectivity index (χ0n) is 15.1. The van der Waals surface area contributed by atoms with Gasteiger partial charge in [0.2, 0.25) is 11.9 Å². The molecule has 1 heterocycles. The summed E-state index contributed by atoms with van der Waals surface area (Å²) in [5, 5.41) is 11.4. The van der Waals surface area contributed by atoms with E-state index in [1.165, 1.54) is 18.2 Å². The summed E-state index contributed by atoms with van der Waals surface area (Å²) in [7, 11) is 0. The van der Waals surface area contributed by atoms with E-state index in [0.717, 1.165) is 19.3 Å². The molecule has 1 aliphatic carbocycles. The fraction of sp³-hybridized carbons (Fsp3) is 0.471. The highest BCUT2D eigenvalue weighted by atomic mass is 16.6. The molecule has 0 amide bonds. The van der Waals surface area contributed by atoms with Gasteiger partial charge in [-0.15, -0.1) is 0 Å². The molecule has 1 fully saturated rings. The number of nitrogens with two attached hydrogens (primary N) is 2. The van der Waals surface area contributed by atoms with Gasteiger partial charge in [0.25, 0.3) is 5.69 Å². The number of anilines is 1. The van der Waals surface area contributed by atoms with Crippen LogP contribution in [0.25, 0.3) is 0 Å². The van der Waals surface area contributed by atoms with E-state index in [1.807, 2.05) is 0 Å². The van der Waals surface area contributed by atoms with Gasteiger partial charge in [0.05, 0.1) is 22.8 Å². The zero-order valence-corrected chi connectivity index (χ0v) is 15.1. The van der Waals surface area contributed by atoms with Gasteiger partial charge in [-0.1, -0.05) is 6.42 Å². The summed E-state index contributed by atoms with van der Waals surface area (Å²) < 4.78 is 5.00. The van der Waals surface area contributed by atoms with Crippen molar-refractivity contribution in [1.29, 1.82) is 0 Å². The first-order valence-corrected chi connectivity index (χ1v) is 8.82. The van der Waals surface area contributed by atoms with Crippen LogP contribution in [0, 0.1) is 10.1 Å². The first kappa shape index (κ1) is 18.6. The molecule has 1 aliphatic heterocycles. The molecular formula is C17H22N6O4. The molecule has 1 spiro atoms. The van der Waals surface area contributed by atoms with Crippen LogP contribution in [0.2, 0.25) is 0 Å². The van der Waals surface area contributed by atoms with Crippen LogP contribution in [0.3, 0.4) is 0 Å². The van der Waals surface area contributed by atoms with Crippen molar-refractivity contribution < 1.29 is 14.5 Å². The van der Waals surface area contributed by atoms with Crippen LogP contribution < -0.4 is 16.4 Å². The lowest BCUT2D eigenvalue weighted by molar-refractivity contribution is -0.384. The topological polar surface area (TPSA) is 149 Å². The third kappa shape index (κ3) is 3.55. The molecular weight excluding hydrogens is 352 g/mol. The normalized spacial score (nSPS) is 18.6. The Balaban J connectivity index is 2.13. The molecule has 1 aromatic carbocycles. The maximum atomic E-state index is 12.2. The van der Waals surface area contributed by atoms with Gasteiger partial charge in [0.15, 0.2) is 0 Å². The maximum absolute atomic E-state index is 12.2. The lowest BCUT2D eigenvalue weighted by atomic mass is 9.87. The van der Waals surface area contributed by atoms with Crippen molar-refractivity contribution in [2.45, 2.75) is 44.7 Å². The van der Waals surface area contributed by atoms with Gasteiger partial charge in [-0.25, -0.2) is 9.79 Å². The fourth-order valence-corrected chi connectivity index (χ4v) is 3.66. The van der Waals surface area contributed by atoms with Crippen LogP contribution in [0.4, 0.5) is 11.4 Å². The summed E-state index contributed by atoms with van der Waals surface area (Å²) in [6.07, 6.45) is 4.26. The number of nitrogens with zero attached hydrogens (tertiary/aromatic N) is 4. The van der Waals surface area contributed by atoms with Gasteiger partial charge < -0.3 is 16.2 Å². The van der Waals surface area contributed by atoms with Crippen molar-refractivity contribution in [3.8, 4) is 0 Å². The second-order valence-electron chi connectivity index (χ2n) is 6.53. The molecule has 4 N–H and O–H groups in total. The number of hydrogen-bond acceptors (Lipinski definition) is 9. The number of aliphatic imine (C=N–C) groups is 2. The number of carbonyl (C=O) groups is 1.